The van der Waals surface area contributed by atoms with Gasteiger partial charge in [0.15, 0.2) is 5.16 Å². The fourth-order valence-electron chi connectivity index (χ4n) is 0.745. The summed E-state index contributed by atoms with van der Waals surface area (Å²) in [6, 6.07) is 0. The molecule has 1 aromatic heterocycles. The molecule has 1 heterocycles. The summed E-state index contributed by atoms with van der Waals surface area (Å²) in [6.45, 7) is 0. The first-order valence-electron chi connectivity index (χ1n) is 3.43. The number of thioether (sulfide) groups is 1. The first-order valence-corrected chi connectivity index (χ1v) is 4.42. The van der Waals surface area contributed by atoms with E-state index in [0.717, 1.165) is 11.1 Å². The smallest absolute Gasteiger partial charge is 0.183 e. The number of hydrogen-bond acceptors (Lipinski definition) is 3. The van der Waals surface area contributed by atoms with E-state index in [-0.39, 0.29) is 0 Å². The topological polar surface area (TPSA) is 41.6 Å². The molecule has 0 aromatic carbocycles. The van der Waals surface area contributed by atoms with Crippen molar-refractivity contribution in [2.75, 3.05) is 5.75 Å². The third kappa shape index (κ3) is 1.50. The summed E-state index contributed by atoms with van der Waals surface area (Å²) in [7, 11) is 0. The Morgan fingerprint density at radius 1 is 1.70 bits per heavy atom. The number of H-pyrrole nitrogens is 1. The average Bonchev–Trinajstić information content (AvgIpc) is 2.63. The molecular formula is C6H9N3S. The van der Waals surface area contributed by atoms with Crippen LogP contribution in [-0.4, -0.2) is 20.9 Å². The van der Waals surface area contributed by atoms with Gasteiger partial charge in [0, 0.05) is 5.75 Å². The molecule has 2 rings (SSSR count). The molecule has 0 saturated heterocycles. The van der Waals surface area contributed by atoms with E-state index in [4.69, 9.17) is 0 Å². The van der Waals surface area contributed by atoms with E-state index in [2.05, 4.69) is 15.2 Å². The van der Waals surface area contributed by atoms with Crippen LogP contribution < -0.4 is 0 Å². The molecule has 3 nitrogen and oxygen atoms in total. The molecule has 1 aliphatic rings. The van der Waals surface area contributed by atoms with Crippen molar-refractivity contribution in [2.24, 2.45) is 5.92 Å². The summed E-state index contributed by atoms with van der Waals surface area (Å²) in [4.78, 5) is 4.01. The zero-order valence-corrected chi connectivity index (χ0v) is 6.40. The van der Waals surface area contributed by atoms with E-state index in [1.807, 2.05) is 0 Å². The first-order chi connectivity index (χ1) is 4.95. The summed E-state index contributed by atoms with van der Waals surface area (Å²) >= 11 is 1.77. The molecule has 1 aliphatic carbocycles. The molecule has 0 unspecified atom stereocenters. The second-order valence-electron chi connectivity index (χ2n) is 2.55. The van der Waals surface area contributed by atoms with Crippen LogP contribution in [0, 0.1) is 5.92 Å². The number of nitrogens with zero attached hydrogens (tertiary/aromatic N) is 2. The van der Waals surface area contributed by atoms with Gasteiger partial charge < -0.3 is 0 Å². The molecule has 0 aliphatic heterocycles. The van der Waals surface area contributed by atoms with Crippen LogP contribution in [0.25, 0.3) is 0 Å². The highest BCUT2D eigenvalue weighted by Gasteiger charge is 2.21. The fourth-order valence-corrected chi connectivity index (χ4v) is 1.71. The first kappa shape index (κ1) is 6.22. The largest absolute Gasteiger partial charge is 0.254 e. The van der Waals surface area contributed by atoms with Crippen LogP contribution in [-0.2, 0) is 0 Å². The Bertz CT molecular complexity index is 193. The highest BCUT2D eigenvalue weighted by Crippen LogP contribution is 2.33. The van der Waals surface area contributed by atoms with Gasteiger partial charge in [-0.1, -0.05) is 11.8 Å². The van der Waals surface area contributed by atoms with Gasteiger partial charge >= 0.3 is 0 Å². The quantitative estimate of drug-likeness (QED) is 0.669. The van der Waals surface area contributed by atoms with Crippen molar-refractivity contribution in [3.8, 4) is 0 Å². The molecular weight excluding hydrogens is 146 g/mol. The molecule has 0 amide bonds. The van der Waals surface area contributed by atoms with E-state index < -0.39 is 0 Å². The minimum absolute atomic E-state index is 0.951. The predicted octanol–water partition coefficient (Wildman–Crippen LogP) is 1.31. The highest BCUT2D eigenvalue weighted by atomic mass is 32.2. The Balaban J connectivity index is 1.79. The summed E-state index contributed by atoms with van der Waals surface area (Å²) in [6.07, 6.45) is 4.36. The van der Waals surface area contributed by atoms with E-state index in [0.29, 0.717) is 0 Å². The Hall–Kier alpha value is -0.510. The van der Waals surface area contributed by atoms with Crippen molar-refractivity contribution in [1.29, 1.82) is 0 Å². The lowest BCUT2D eigenvalue weighted by molar-refractivity contribution is 0.952. The number of rotatable bonds is 3. The monoisotopic (exact) mass is 155 g/mol. The zero-order chi connectivity index (χ0) is 6.81. The molecule has 0 radical (unpaired) electrons. The maximum atomic E-state index is 4.01. The molecule has 10 heavy (non-hydrogen) atoms. The maximum Gasteiger partial charge on any atom is 0.183 e. The lowest BCUT2D eigenvalue weighted by atomic mass is 10.5. The van der Waals surface area contributed by atoms with Gasteiger partial charge in [-0.15, -0.1) is 0 Å². The minimum atomic E-state index is 0.951. The molecule has 0 atom stereocenters. The van der Waals surface area contributed by atoms with Crippen LogP contribution >= 0.6 is 11.8 Å². The Kier molecular flexibility index (Phi) is 1.63. The summed E-state index contributed by atoms with van der Waals surface area (Å²) in [5.74, 6) is 2.16. The molecule has 0 bridgehead atoms. The Morgan fingerprint density at radius 2 is 2.60 bits per heavy atom. The lowest BCUT2D eigenvalue weighted by Crippen LogP contribution is -1.81. The number of aromatic nitrogens is 3. The third-order valence-corrected chi connectivity index (χ3v) is 2.65. The van der Waals surface area contributed by atoms with Crippen molar-refractivity contribution in [3.05, 3.63) is 6.33 Å². The fraction of sp³-hybridized carbons (Fsp3) is 0.667. The standard InChI is InChI=1S/C6H9N3S/c1-2-5(1)3-10-6-7-4-8-9-6/h4-5H,1-3H2,(H,7,8,9). The van der Waals surface area contributed by atoms with Crippen molar-refractivity contribution in [3.63, 3.8) is 0 Å². The van der Waals surface area contributed by atoms with Crippen molar-refractivity contribution < 1.29 is 0 Å². The van der Waals surface area contributed by atoms with Gasteiger partial charge in [-0.2, -0.15) is 5.10 Å². The Morgan fingerprint density at radius 3 is 3.20 bits per heavy atom. The van der Waals surface area contributed by atoms with Crippen LogP contribution in [0.3, 0.4) is 0 Å². The number of hydrogen-bond donors (Lipinski definition) is 1. The van der Waals surface area contributed by atoms with Gasteiger partial charge in [0.2, 0.25) is 0 Å². The summed E-state index contributed by atoms with van der Waals surface area (Å²) in [5.41, 5.74) is 0. The van der Waals surface area contributed by atoms with Gasteiger partial charge in [-0.25, -0.2) is 4.98 Å². The van der Waals surface area contributed by atoms with E-state index in [1.54, 1.807) is 18.1 Å². The number of nitrogens with one attached hydrogen (secondary N) is 1. The lowest BCUT2D eigenvalue weighted by Gasteiger charge is -1.90. The van der Waals surface area contributed by atoms with Crippen molar-refractivity contribution in [1.82, 2.24) is 15.2 Å². The van der Waals surface area contributed by atoms with Gasteiger partial charge in [0.05, 0.1) is 0 Å². The van der Waals surface area contributed by atoms with Crippen LogP contribution in [0.5, 0.6) is 0 Å². The molecule has 1 N–H and O–H groups in total. The van der Waals surface area contributed by atoms with Gasteiger partial charge in [-0.05, 0) is 18.8 Å². The van der Waals surface area contributed by atoms with Crippen LogP contribution in [0.2, 0.25) is 0 Å². The molecule has 4 heteroatoms. The highest BCUT2D eigenvalue weighted by molar-refractivity contribution is 7.99. The van der Waals surface area contributed by atoms with Crippen LogP contribution in [0.4, 0.5) is 0 Å². The Labute approximate surface area is 63.6 Å². The SMILES string of the molecule is c1n[nH]c(SCC2CC2)n1. The molecule has 54 valence electrons. The minimum Gasteiger partial charge on any atom is -0.254 e. The van der Waals surface area contributed by atoms with Crippen molar-refractivity contribution >= 4 is 11.8 Å². The zero-order valence-electron chi connectivity index (χ0n) is 5.58. The van der Waals surface area contributed by atoms with Gasteiger partial charge in [0.25, 0.3) is 0 Å². The van der Waals surface area contributed by atoms with Crippen LogP contribution in [0.15, 0.2) is 11.5 Å². The predicted molar refractivity (Wildman–Crippen MR) is 39.8 cm³/mol. The van der Waals surface area contributed by atoms with Crippen LogP contribution in [0.1, 0.15) is 12.8 Å². The summed E-state index contributed by atoms with van der Waals surface area (Å²) < 4.78 is 0. The van der Waals surface area contributed by atoms with E-state index >= 15 is 0 Å². The van der Waals surface area contributed by atoms with E-state index in [1.165, 1.54) is 18.6 Å². The molecule has 1 saturated carbocycles. The van der Waals surface area contributed by atoms with Crippen molar-refractivity contribution in [2.45, 2.75) is 18.0 Å². The average molecular weight is 155 g/mol. The molecule has 1 aromatic rings. The number of aromatic amines is 1. The summed E-state index contributed by atoms with van der Waals surface area (Å²) in [5, 5.41) is 7.54. The third-order valence-electron chi connectivity index (χ3n) is 1.55. The maximum absolute atomic E-state index is 4.01. The van der Waals surface area contributed by atoms with Gasteiger partial charge in [-0.3, -0.25) is 5.10 Å². The molecule has 1 fully saturated rings. The normalized spacial score (nSPS) is 17.6. The molecule has 0 spiro atoms. The second kappa shape index (κ2) is 2.62. The van der Waals surface area contributed by atoms with Gasteiger partial charge in [0.1, 0.15) is 6.33 Å². The van der Waals surface area contributed by atoms with E-state index in [9.17, 15) is 0 Å². The second-order valence-corrected chi connectivity index (χ2v) is 3.55.